The van der Waals surface area contributed by atoms with Gasteiger partial charge in [-0.3, -0.25) is 9.59 Å². The van der Waals surface area contributed by atoms with Crippen molar-refractivity contribution in [1.82, 2.24) is 10.6 Å². The molecule has 0 radical (unpaired) electrons. The van der Waals surface area contributed by atoms with Crippen molar-refractivity contribution in [3.05, 3.63) is 59.7 Å². The van der Waals surface area contributed by atoms with Gasteiger partial charge in [-0.25, -0.2) is 4.79 Å². The highest BCUT2D eigenvalue weighted by molar-refractivity contribution is 5.84. The van der Waals surface area contributed by atoms with E-state index in [2.05, 4.69) is 34.9 Å². The summed E-state index contributed by atoms with van der Waals surface area (Å²) >= 11 is 0. The first-order valence-corrected chi connectivity index (χ1v) is 11.6. The Morgan fingerprint density at radius 2 is 1.51 bits per heavy atom. The molecule has 3 rings (SSSR count). The topological polar surface area (TPSA) is 114 Å². The average molecular weight is 483 g/mol. The minimum absolute atomic E-state index is 0.0477. The molecule has 0 saturated carbocycles. The molecular formula is C27H34N2O6. The van der Waals surface area contributed by atoms with Gasteiger partial charge < -0.3 is 25.2 Å². The smallest absolute Gasteiger partial charge is 0.407 e. The molecular weight excluding hydrogens is 448 g/mol. The Morgan fingerprint density at radius 1 is 0.971 bits per heavy atom. The number of ether oxygens (including phenoxy) is 2. The van der Waals surface area contributed by atoms with E-state index in [1.165, 1.54) is 7.11 Å². The highest BCUT2D eigenvalue weighted by Gasteiger charge is 2.45. The minimum Gasteiger partial charge on any atom is -0.481 e. The Balaban J connectivity index is 1.62. The zero-order chi connectivity index (χ0) is 25.8. The van der Waals surface area contributed by atoms with Crippen molar-refractivity contribution in [2.45, 2.75) is 51.7 Å². The van der Waals surface area contributed by atoms with Crippen LogP contribution >= 0.6 is 0 Å². The van der Waals surface area contributed by atoms with Crippen LogP contribution in [0, 0.1) is 5.41 Å². The number of carbonyl (C=O) groups excluding carboxylic acids is 2. The first kappa shape index (κ1) is 26.2. The van der Waals surface area contributed by atoms with Gasteiger partial charge in [0.25, 0.3) is 0 Å². The SMILES string of the molecule is COC(CNC(=O)C(C)(C)C(C)(C)NC(=O)OCC1c2ccccc2-c2ccccc21)CC(=O)O. The number of methoxy groups -OCH3 is 1. The van der Waals surface area contributed by atoms with E-state index in [1.54, 1.807) is 27.7 Å². The number of carboxylic acids is 1. The molecule has 2 aromatic carbocycles. The lowest BCUT2D eigenvalue weighted by Crippen LogP contribution is -2.60. The summed E-state index contributed by atoms with van der Waals surface area (Å²) in [4.78, 5) is 36.7. The number of carbonyl (C=O) groups is 3. The average Bonchev–Trinajstić information content (AvgIpc) is 3.13. The molecule has 3 N–H and O–H groups in total. The number of rotatable bonds is 10. The molecule has 0 spiro atoms. The number of aliphatic carboxylic acids is 1. The summed E-state index contributed by atoms with van der Waals surface area (Å²) in [7, 11) is 1.40. The first-order valence-electron chi connectivity index (χ1n) is 11.6. The quantitative estimate of drug-likeness (QED) is 0.473. The molecule has 1 aliphatic rings. The number of hydrogen-bond acceptors (Lipinski definition) is 5. The molecule has 2 aromatic rings. The molecule has 8 heteroatoms. The maximum atomic E-state index is 12.9. The molecule has 35 heavy (non-hydrogen) atoms. The fourth-order valence-electron chi connectivity index (χ4n) is 4.19. The van der Waals surface area contributed by atoms with Crippen molar-refractivity contribution in [2.24, 2.45) is 5.41 Å². The van der Waals surface area contributed by atoms with Gasteiger partial charge in [0.1, 0.15) is 6.61 Å². The van der Waals surface area contributed by atoms with Gasteiger partial charge in [-0.2, -0.15) is 0 Å². The van der Waals surface area contributed by atoms with Gasteiger partial charge in [0.2, 0.25) is 5.91 Å². The first-order chi connectivity index (χ1) is 16.5. The zero-order valence-corrected chi connectivity index (χ0v) is 20.9. The molecule has 0 saturated heterocycles. The molecule has 1 unspecified atom stereocenters. The predicted octanol–water partition coefficient (Wildman–Crippen LogP) is 3.94. The molecule has 0 aromatic heterocycles. The maximum Gasteiger partial charge on any atom is 0.407 e. The molecule has 0 bridgehead atoms. The lowest BCUT2D eigenvalue weighted by Gasteiger charge is -2.40. The molecule has 1 atom stereocenters. The van der Waals surface area contributed by atoms with Crippen molar-refractivity contribution in [3.8, 4) is 11.1 Å². The normalized spacial score (nSPS) is 14.0. The number of alkyl carbamates (subject to hydrolysis) is 1. The molecule has 0 fully saturated rings. The zero-order valence-electron chi connectivity index (χ0n) is 20.9. The van der Waals surface area contributed by atoms with Gasteiger partial charge in [-0.15, -0.1) is 0 Å². The Bertz CT molecular complexity index is 1050. The monoisotopic (exact) mass is 482 g/mol. The second kappa shape index (κ2) is 10.5. The van der Waals surface area contributed by atoms with Crippen LogP contribution in [0.5, 0.6) is 0 Å². The van der Waals surface area contributed by atoms with Crippen molar-refractivity contribution in [3.63, 3.8) is 0 Å². The molecule has 0 heterocycles. The third-order valence-electron chi connectivity index (χ3n) is 7.11. The van der Waals surface area contributed by atoms with E-state index in [9.17, 15) is 14.4 Å². The van der Waals surface area contributed by atoms with E-state index < -0.39 is 29.1 Å². The van der Waals surface area contributed by atoms with E-state index >= 15 is 0 Å². The third kappa shape index (κ3) is 5.65. The Hall–Kier alpha value is -3.39. The highest BCUT2D eigenvalue weighted by Crippen LogP contribution is 2.44. The van der Waals surface area contributed by atoms with Crippen molar-refractivity contribution >= 4 is 18.0 Å². The summed E-state index contributed by atoms with van der Waals surface area (Å²) in [6.07, 6.45) is -1.48. The van der Waals surface area contributed by atoms with Crippen molar-refractivity contribution in [2.75, 3.05) is 20.3 Å². The van der Waals surface area contributed by atoms with E-state index in [0.717, 1.165) is 22.3 Å². The van der Waals surface area contributed by atoms with Gasteiger partial charge >= 0.3 is 12.1 Å². The van der Waals surface area contributed by atoms with Crippen LogP contribution in [0.1, 0.15) is 51.2 Å². The number of amides is 2. The van der Waals surface area contributed by atoms with Gasteiger partial charge in [0, 0.05) is 19.6 Å². The number of hydrogen-bond donors (Lipinski definition) is 3. The fraction of sp³-hybridized carbons (Fsp3) is 0.444. The van der Waals surface area contributed by atoms with Crippen LogP contribution in [0.3, 0.4) is 0 Å². The summed E-state index contributed by atoms with van der Waals surface area (Å²) in [6.45, 7) is 7.15. The Morgan fingerprint density at radius 3 is 2.03 bits per heavy atom. The van der Waals surface area contributed by atoms with Gasteiger partial charge in [-0.05, 0) is 49.9 Å². The summed E-state index contributed by atoms with van der Waals surface area (Å²) in [5.41, 5.74) is 2.54. The summed E-state index contributed by atoms with van der Waals surface area (Å²) in [6, 6.07) is 16.2. The summed E-state index contributed by atoms with van der Waals surface area (Å²) < 4.78 is 10.8. The van der Waals surface area contributed by atoms with Crippen LogP contribution < -0.4 is 10.6 Å². The lowest BCUT2D eigenvalue weighted by molar-refractivity contribution is -0.141. The largest absolute Gasteiger partial charge is 0.481 e. The van der Waals surface area contributed by atoms with Crippen LogP contribution in [-0.2, 0) is 19.1 Å². The second-order valence-electron chi connectivity index (χ2n) is 9.87. The molecule has 2 amide bonds. The molecule has 8 nitrogen and oxygen atoms in total. The van der Waals surface area contributed by atoms with Gasteiger partial charge in [0.15, 0.2) is 0 Å². The molecule has 0 aliphatic heterocycles. The van der Waals surface area contributed by atoms with E-state index in [-0.39, 0.29) is 31.4 Å². The Kier molecular flexibility index (Phi) is 7.85. The number of fused-ring (bicyclic) bond motifs is 3. The number of nitrogens with one attached hydrogen (secondary N) is 2. The van der Waals surface area contributed by atoms with Crippen molar-refractivity contribution in [1.29, 1.82) is 0 Å². The predicted molar refractivity (Wildman–Crippen MR) is 132 cm³/mol. The van der Waals surface area contributed by atoms with Crippen molar-refractivity contribution < 1.29 is 29.0 Å². The van der Waals surface area contributed by atoms with Crippen LogP contribution in [0.25, 0.3) is 11.1 Å². The standard InChI is InChI=1S/C27H34N2O6/c1-26(2,24(32)28-15-17(34-5)14-23(30)31)27(3,4)29-25(33)35-16-22-20-12-8-6-10-18(20)19-11-7-9-13-21(19)22/h6-13,17,22H,14-16H2,1-5H3,(H,28,32)(H,29,33)(H,30,31). The van der Waals surface area contributed by atoms with E-state index in [0.29, 0.717) is 0 Å². The third-order valence-corrected chi connectivity index (χ3v) is 7.11. The molecule has 1 aliphatic carbocycles. The second-order valence-corrected chi connectivity index (χ2v) is 9.87. The summed E-state index contributed by atoms with van der Waals surface area (Å²) in [5.74, 6) is -1.41. The van der Waals surface area contributed by atoms with Crippen LogP contribution in [0.4, 0.5) is 4.79 Å². The van der Waals surface area contributed by atoms with E-state index in [4.69, 9.17) is 14.6 Å². The summed E-state index contributed by atoms with van der Waals surface area (Å²) in [5, 5.41) is 14.5. The number of benzene rings is 2. The van der Waals surface area contributed by atoms with Crippen LogP contribution in [-0.4, -0.2) is 55.0 Å². The molecule has 188 valence electrons. The fourth-order valence-corrected chi connectivity index (χ4v) is 4.19. The van der Waals surface area contributed by atoms with E-state index in [1.807, 2.05) is 24.3 Å². The maximum absolute atomic E-state index is 12.9. The van der Waals surface area contributed by atoms with Crippen LogP contribution in [0.15, 0.2) is 48.5 Å². The highest BCUT2D eigenvalue weighted by atomic mass is 16.5. The number of carboxylic acid groups (broad SMARTS) is 1. The van der Waals surface area contributed by atoms with Gasteiger partial charge in [0.05, 0.1) is 23.5 Å². The van der Waals surface area contributed by atoms with Gasteiger partial charge in [-0.1, -0.05) is 48.5 Å². The minimum atomic E-state index is -1.03. The lowest BCUT2D eigenvalue weighted by atomic mass is 9.73. The Labute approximate surface area is 206 Å². The van der Waals surface area contributed by atoms with Crippen LogP contribution in [0.2, 0.25) is 0 Å².